The minimum Gasteiger partial charge on any atom is -0.383 e. The number of sulfonamides is 1. The molecule has 0 spiro atoms. The second-order valence-electron chi connectivity index (χ2n) is 7.02. The Bertz CT molecular complexity index is 911. The number of hydrogen-bond acceptors (Lipinski definition) is 4. The fraction of sp³-hybridized carbons (Fsp3) is 0.400. The van der Waals surface area contributed by atoms with Crippen LogP contribution >= 0.6 is 0 Å². The van der Waals surface area contributed by atoms with Gasteiger partial charge in [-0.25, -0.2) is 13.1 Å². The average molecular weight is 429 g/mol. The summed E-state index contributed by atoms with van der Waals surface area (Å²) in [4.78, 5) is -0.298. The van der Waals surface area contributed by atoms with Gasteiger partial charge in [0, 0.05) is 19.8 Å². The third-order valence-electron chi connectivity index (χ3n) is 5.19. The molecule has 1 atom stereocenters. The highest BCUT2D eigenvalue weighted by Crippen LogP contribution is 2.36. The molecule has 1 fully saturated rings. The number of aliphatic hydroxyl groups is 1. The van der Waals surface area contributed by atoms with E-state index in [1.54, 1.807) is 30.3 Å². The molecule has 2 aromatic rings. The van der Waals surface area contributed by atoms with Crippen molar-refractivity contribution in [2.45, 2.75) is 29.5 Å². The van der Waals surface area contributed by atoms with E-state index < -0.39 is 27.4 Å². The largest absolute Gasteiger partial charge is 0.416 e. The fourth-order valence-corrected chi connectivity index (χ4v) is 4.57. The lowest BCUT2D eigenvalue weighted by Crippen LogP contribution is -2.47. The van der Waals surface area contributed by atoms with Crippen LogP contribution in [0.25, 0.3) is 0 Å². The second kappa shape index (κ2) is 8.43. The molecule has 158 valence electrons. The molecule has 0 radical (unpaired) electrons. The third-order valence-corrected chi connectivity index (χ3v) is 6.61. The maximum atomic E-state index is 12.7. The van der Waals surface area contributed by atoms with E-state index in [1.165, 1.54) is 0 Å². The monoisotopic (exact) mass is 429 g/mol. The van der Waals surface area contributed by atoms with Crippen LogP contribution in [0.15, 0.2) is 59.5 Å². The minimum absolute atomic E-state index is 0.228. The summed E-state index contributed by atoms with van der Waals surface area (Å²) in [6.07, 6.45) is -3.42. The van der Waals surface area contributed by atoms with E-state index in [9.17, 15) is 26.7 Å². The van der Waals surface area contributed by atoms with Gasteiger partial charge >= 0.3 is 6.18 Å². The molecule has 2 N–H and O–H groups in total. The molecular weight excluding hydrogens is 407 g/mol. The van der Waals surface area contributed by atoms with Gasteiger partial charge in [0.2, 0.25) is 10.0 Å². The molecule has 29 heavy (non-hydrogen) atoms. The maximum absolute atomic E-state index is 12.7. The predicted octanol–water partition coefficient (Wildman–Crippen LogP) is 3.30. The smallest absolute Gasteiger partial charge is 0.383 e. The molecule has 2 aromatic carbocycles. The average Bonchev–Trinajstić information content (AvgIpc) is 2.73. The van der Waals surface area contributed by atoms with Crippen LogP contribution in [-0.2, 0) is 26.5 Å². The molecule has 1 saturated heterocycles. The lowest BCUT2D eigenvalue weighted by Gasteiger charge is -2.39. The molecule has 1 heterocycles. The molecule has 1 aliphatic heterocycles. The molecule has 0 bridgehead atoms. The van der Waals surface area contributed by atoms with Crippen LogP contribution in [0.1, 0.15) is 24.0 Å². The number of halogens is 3. The van der Waals surface area contributed by atoms with Crippen LogP contribution < -0.4 is 4.72 Å². The Kier molecular flexibility index (Phi) is 6.33. The summed E-state index contributed by atoms with van der Waals surface area (Å²) in [5.74, 6) is -0.228. The lowest BCUT2D eigenvalue weighted by atomic mass is 9.77. The second-order valence-corrected chi connectivity index (χ2v) is 8.79. The van der Waals surface area contributed by atoms with Crippen molar-refractivity contribution in [3.05, 3.63) is 65.7 Å². The van der Waals surface area contributed by atoms with E-state index in [1.807, 2.05) is 0 Å². The van der Waals surface area contributed by atoms with Crippen molar-refractivity contribution in [1.82, 2.24) is 4.72 Å². The zero-order chi connectivity index (χ0) is 21.1. The minimum atomic E-state index is -4.55. The number of ether oxygens (including phenoxy) is 1. The van der Waals surface area contributed by atoms with E-state index in [-0.39, 0.29) is 17.4 Å². The molecule has 0 saturated carbocycles. The Hall–Kier alpha value is -1.94. The van der Waals surface area contributed by atoms with Crippen LogP contribution in [0, 0.1) is 5.92 Å². The molecule has 3 rings (SSSR count). The highest BCUT2D eigenvalue weighted by atomic mass is 32.2. The Morgan fingerprint density at radius 3 is 2.10 bits per heavy atom. The van der Waals surface area contributed by atoms with Crippen molar-refractivity contribution in [2.24, 2.45) is 5.92 Å². The van der Waals surface area contributed by atoms with Crippen molar-refractivity contribution in [3.63, 3.8) is 0 Å². The van der Waals surface area contributed by atoms with Gasteiger partial charge in [-0.3, -0.25) is 0 Å². The molecule has 0 aliphatic carbocycles. The molecule has 0 amide bonds. The predicted molar refractivity (Wildman–Crippen MR) is 101 cm³/mol. The highest BCUT2D eigenvalue weighted by molar-refractivity contribution is 7.89. The van der Waals surface area contributed by atoms with E-state index in [2.05, 4.69) is 4.72 Å². The van der Waals surface area contributed by atoms with Gasteiger partial charge in [-0.1, -0.05) is 30.3 Å². The third kappa shape index (κ3) is 4.98. The molecule has 0 aromatic heterocycles. The lowest BCUT2D eigenvalue weighted by molar-refractivity contribution is -0.137. The van der Waals surface area contributed by atoms with Crippen molar-refractivity contribution >= 4 is 10.0 Å². The first-order chi connectivity index (χ1) is 13.6. The Balaban J connectivity index is 1.83. The first-order valence-corrected chi connectivity index (χ1v) is 10.6. The normalized spacial score (nSPS) is 18.3. The van der Waals surface area contributed by atoms with Gasteiger partial charge in [0.25, 0.3) is 0 Å². The summed E-state index contributed by atoms with van der Waals surface area (Å²) in [5.41, 5.74) is -1.83. The summed E-state index contributed by atoms with van der Waals surface area (Å²) in [6.45, 7) is 0.627. The van der Waals surface area contributed by atoms with E-state index >= 15 is 0 Å². The number of hydrogen-bond donors (Lipinski definition) is 2. The zero-order valence-electron chi connectivity index (χ0n) is 15.5. The molecule has 5 nitrogen and oxygen atoms in total. The summed E-state index contributed by atoms with van der Waals surface area (Å²) < 4.78 is 71.1. The summed E-state index contributed by atoms with van der Waals surface area (Å²) in [7, 11) is -4.11. The van der Waals surface area contributed by atoms with Crippen LogP contribution in [0.5, 0.6) is 0 Å². The summed E-state index contributed by atoms with van der Waals surface area (Å²) >= 11 is 0. The van der Waals surface area contributed by atoms with Gasteiger partial charge < -0.3 is 9.84 Å². The summed E-state index contributed by atoms with van der Waals surface area (Å²) in [5, 5.41) is 11.4. The Morgan fingerprint density at radius 2 is 1.55 bits per heavy atom. The topological polar surface area (TPSA) is 75.6 Å². The Labute approximate surface area is 167 Å². The Morgan fingerprint density at radius 1 is 0.966 bits per heavy atom. The van der Waals surface area contributed by atoms with Gasteiger partial charge in [-0.05, 0) is 48.6 Å². The zero-order valence-corrected chi connectivity index (χ0v) is 16.3. The molecule has 1 aliphatic rings. The quantitative estimate of drug-likeness (QED) is 0.739. The fourth-order valence-electron chi connectivity index (χ4n) is 3.50. The SMILES string of the molecule is O=S(=O)(NC[C@@](O)(c1ccccc1)C1CCOCC1)c1ccc(C(F)(F)F)cc1. The molecular formula is C20H22F3NO4S. The van der Waals surface area contributed by atoms with Crippen LogP contribution in [-0.4, -0.2) is 33.3 Å². The molecule has 9 heteroatoms. The van der Waals surface area contributed by atoms with Gasteiger partial charge in [0.1, 0.15) is 5.60 Å². The van der Waals surface area contributed by atoms with Crippen molar-refractivity contribution in [3.8, 4) is 0 Å². The van der Waals surface area contributed by atoms with Crippen LogP contribution in [0.2, 0.25) is 0 Å². The molecule has 0 unspecified atom stereocenters. The van der Waals surface area contributed by atoms with Gasteiger partial charge in [0.05, 0.1) is 10.5 Å². The standard InChI is InChI=1S/C20H22F3NO4S/c21-20(22,23)17-6-8-18(9-7-17)29(26,27)24-14-19(25,15-4-2-1-3-5-15)16-10-12-28-13-11-16/h1-9,16,24-25H,10-14H2/t19-/m1/s1. The van der Waals surface area contributed by atoms with Gasteiger partial charge in [-0.2, -0.15) is 13.2 Å². The first-order valence-electron chi connectivity index (χ1n) is 9.15. The van der Waals surface area contributed by atoms with Gasteiger partial charge in [0.15, 0.2) is 0 Å². The van der Waals surface area contributed by atoms with E-state index in [0.717, 1.165) is 24.3 Å². The first kappa shape index (κ1) is 21.8. The van der Waals surface area contributed by atoms with Crippen molar-refractivity contribution in [1.29, 1.82) is 0 Å². The van der Waals surface area contributed by atoms with Gasteiger partial charge in [-0.15, -0.1) is 0 Å². The number of nitrogens with one attached hydrogen (secondary N) is 1. The number of rotatable bonds is 6. The summed E-state index contributed by atoms with van der Waals surface area (Å²) in [6, 6.07) is 12.0. The van der Waals surface area contributed by atoms with E-state index in [0.29, 0.717) is 31.6 Å². The van der Waals surface area contributed by atoms with Crippen LogP contribution in [0.4, 0.5) is 13.2 Å². The van der Waals surface area contributed by atoms with Crippen molar-refractivity contribution in [2.75, 3.05) is 19.8 Å². The van der Waals surface area contributed by atoms with Crippen molar-refractivity contribution < 1.29 is 31.4 Å². The van der Waals surface area contributed by atoms with Crippen LogP contribution in [0.3, 0.4) is 0 Å². The number of benzene rings is 2. The highest BCUT2D eigenvalue weighted by Gasteiger charge is 2.40. The maximum Gasteiger partial charge on any atom is 0.416 e. The van der Waals surface area contributed by atoms with E-state index in [4.69, 9.17) is 4.74 Å². The number of alkyl halides is 3.